The van der Waals surface area contributed by atoms with E-state index < -0.39 is 29.9 Å². The van der Waals surface area contributed by atoms with Crippen LogP contribution < -0.4 is 5.43 Å². The highest BCUT2D eigenvalue weighted by atomic mass is 19.3. The van der Waals surface area contributed by atoms with Crippen molar-refractivity contribution in [1.29, 1.82) is 0 Å². The number of methoxy groups -OCH3 is 1. The summed E-state index contributed by atoms with van der Waals surface area (Å²) in [5.41, 5.74) is 0.947. The van der Waals surface area contributed by atoms with Gasteiger partial charge in [0.2, 0.25) is 5.91 Å². The van der Waals surface area contributed by atoms with Crippen molar-refractivity contribution in [1.82, 2.24) is 10.4 Å². The third-order valence-electron chi connectivity index (χ3n) is 3.06. The van der Waals surface area contributed by atoms with Crippen molar-refractivity contribution in [2.75, 3.05) is 7.11 Å². The Kier molecular flexibility index (Phi) is 2.57. The maximum atomic E-state index is 12.8. The fourth-order valence-corrected chi connectivity index (χ4v) is 1.96. The first-order valence-electron chi connectivity index (χ1n) is 4.96. The predicted octanol–water partition coefficient (Wildman–Crippen LogP) is 0.0626. The molecule has 1 saturated heterocycles. The van der Waals surface area contributed by atoms with Gasteiger partial charge in [-0.05, 0) is 12.8 Å². The van der Waals surface area contributed by atoms with E-state index in [2.05, 4.69) is 10.2 Å². The zero-order valence-corrected chi connectivity index (χ0v) is 8.70. The van der Waals surface area contributed by atoms with Crippen LogP contribution in [0.4, 0.5) is 8.78 Å². The lowest BCUT2D eigenvalue weighted by molar-refractivity contribution is -0.150. The Morgan fingerprint density at radius 2 is 2.25 bits per heavy atom. The third-order valence-corrected chi connectivity index (χ3v) is 3.06. The van der Waals surface area contributed by atoms with E-state index in [0.29, 0.717) is 0 Å². The van der Waals surface area contributed by atoms with Gasteiger partial charge in [-0.2, -0.15) is 5.01 Å². The number of hydrazine groups is 1. The second kappa shape index (κ2) is 3.65. The SMILES string of the molecule is COC(=O)C1CC(=O)NN1C1(C(F)F)CC1. The van der Waals surface area contributed by atoms with Gasteiger partial charge in [-0.15, -0.1) is 0 Å². The fourth-order valence-electron chi connectivity index (χ4n) is 1.96. The van der Waals surface area contributed by atoms with Gasteiger partial charge in [0.1, 0.15) is 11.6 Å². The maximum Gasteiger partial charge on any atom is 0.325 e. The Hall–Kier alpha value is -1.24. The third kappa shape index (κ3) is 1.55. The molecule has 7 heteroatoms. The number of halogens is 2. The number of amides is 1. The molecule has 2 fully saturated rings. The average Bonchev–Trinajstić information content (AvgIpc) is 2.96. The summed E-state index contributed by atoms with van der Waals surface area (Å²) in [7, 11) is 1.17. The molecule has 0 radical (unpaired) electrons. The zero-order chi connectivity index (χ0) is 11.9. The Morgan fingerprint density at radius 1 is 1.62 bits per heavy atom. The number of carbonyl (C=O) groups is 2. The van der Waals surface area contributed by atoms with Crippen LogP contribution in [0.15, 0.2) is 0 Å². The standard InChI is InChI=1S/C9H12F2N2O3/c1-16-7(15)5-4-6(14)12-13(5)9(2-3-9)8(10)11/h5,8H,2-4H2,1H3,(H,12,14). The van der Waals surface area contributed by atoms with Crippen LogP contribution in [0.5, 0.6) is 0 Å². The van der Waals surface area contributed by atoms with Crippen LogP contribution in [0.25, 0.3) is 0 Å². The molecule has 5 nitrogen and oxygen atoms in total. The van der Waals surface area contributed by atoms with Crippen LogP contribution in [-0.2, 0) is 14.3 Å². The zero-order valence-electron chi connectivity index (χ0n) is 8.70. The molecule has 1 atom stereocenters. The number of esters is 1. The van der Waals surface area contributed by atoms with Crippen LogP contribution in [-0.4, -0.2) is 42.0 Å². The van der Waals surface area contributed by atoms with Crippen LogP contribution >= 0.6 is 0 Å². The van der Waals surface area contributed by atoms with Crippen LogP contribution in [0.1, 0.15) is 19.3 Å². The first kappa shape index (κ1) is 11.3. The van der Waals surface area contributed by atoms with E-state index in [9.17, 15) is 18.4 Å². The molecule has 90 valence electrons. The quantitative estimate of drug-likeness (QED) is 0.702. The molecule has 0 aromatic rings. The van der Waals surface area contributed by atoms with E-state index >= 15 is 0 Å². The second-order valence-corrected chi connectivity index (χ2v) is 4.05. The Morgan fingerprint density at radius 3 is 2.69 bits per heavy atom. The van der Waals surface area contributed by atoms with Crippen molar-refractivity contribution in [3.05, 3.63) is 0 Å². The van der Waals surface area contributed by atoms with Crippen LogP contribution in [0.3, 0.4) is 0 Å². The molecule has 1 unspecified atom stereocenters. The predicted molar refractivity (Wildman–Crippen MR) is 48.4 cm³/mol. The van der Waals surface area contributed by atoms with Crippen molar-refractivity contribution in [3.63, 3.8) is 0 Å². The molecule has 0 aromatic carbocycles. The molecule has 16 heavy (non-hydrogen) atoms. The topological polar surface area (TPSA) is 58.6 Å². The van der Waals surface area contributed by atoms with Gasteiger partial charge in [0.15, 0.2) is 0 Å². The lowest BCUT2D eigenvalue weighted by Crippen LogP contribution is -2.54. The highest BCUT2D eigenvalue weighted by Gasteiger charge is 2.61. The first-order valence-corrected chi connectivity index (χ1v) is 4.96. The number of ether oxygens (including phenoxy) is 1. The molecule has 1 heterocycles. The Balaban J connectivity index is 2.19. The average molecular weight is 234 g/mol. The van der Waals surface area contributed by atoms with Gasteiger partial charge >= 0.3 is 5.97 Å². The van der Waals surface area contributed by atoms with E-state index in [1.54, 1.807) is 0 Å². The molecule has 1 aliphatic heterocycles. The molecule has 1 amide bonds. The molecule has 1 aliphatic carbocycles. The minimum atomic E-state index is -2.59. The fraction of sp³-hybridized carbons (Fsp3) is 0.778. The summed E-state index contributed by atoms with van der Waals surface area (Å²) >= 11 is 0. The summed E-state index contributed by atoms with van der Waals surface area (Å²) in [4.78, 5) is 22.5. The second-order valence-electron chi connectivity index (χ2n) is 4.05. The van der Waals surface area contributed by atoms with Crippen molar-refractivity contribution < 1.29 is 23.1 Å². The van der Waals surface area contributed by atoms with Gasteiger partial charge in [0, 0.05) is 0 Å². The normalized spacial score (nSPS) is 28.0. The highest BCUT2D eigenvalue weighted by Crippen LogP contribution is 2.48. The summed E-state index contributed by atoms with van der Waals surface area (Å²) in [6, 6.07) is -0.936. The highest BCUT2D eigenvalue weighted by molar-refractivity contribution is 5.88. The molecule has 1 N–H and O–H groups in total. The van der Waals surface area contributed by atoms with Gasteiger partial charge in [-0.3, -0.25) is 15.0 Å². The van der Waals surface area contributed by atoms with Crippen molar-refractivity contribution >= 4 is 11.9 Å². The Labute approximate surface area is 90.7 Å². The summed E-state index contributed by atoms with van der Waals surface area (Å²) < 4.78 is 30.2. The Bertz CT molecular complexity index is 331. The van der Waals surface area contributed by atoms with Gasteiger partial charge in [-0.1, -0.05) is 0 Å². The number of carbonyl (C=O) groups excluding carboxylic acids is 2. The van der Waals surface area contributed by atoms with E-state index in [4.69, 9.17) is 0 Å². The van der Waals surface area contributed by atoms with Crippen molar-refractivity contribution in [2.45, 2.75) is 37.3 Å². The van der Waals surface area contributed by atoms with E-state index in [-0.39, 0.29) is 19.3 Å². The summed E-state index contributed by atoms with van der Waals surface area (Å²) in [6.07, 6.45) is -2.16. The van der Waals surface area contributed by atoms with Crippen LogP contribution in [0.2, 0.25) is 0 Å². The van der Waals surface area contributed by atoms with Gasteiger partial charge < -0.3 is 4.74 Å². The smallest absolute Gasteiger partial charge is 0.325 e. The van der Waals surface area contributed by atoms with E-state index in [1.807, 2.05) is 0 Å². The largest absolute Gasteiger partial charge is 0.468 e. The van der Waals surface area contributed by atoms with E-state index in [0.717, 1.165) is 5.01 Å². The maximum absolute atomic E-state index is 12.8. The number of rotatable bonds is 3. The number of alkyl halides is 2. The van der Waals surface area contributed by atoms with Gasteiger partial charge in [-0.25, -0.2) is 8.78 Å². The number of nitrogens with zero attached hydrogens (tertiary/aromatic N) is 1. The minimum Gasteiger partial charge on any atom is -0.468 e. The molecule has 0 bridgehead atoms. The molecule has 0 aromatic heterocycles. The van der Waals surface area contributed by atoms with Gasteiger partial charge in [0.25, 0.3) is 6.43 Å². The summed E-state index contributed by atoms with van der Waals surface area (Å²) in [5, 5.41) is 1.08. The number of hydrogen-bond acceptors (Lipinski definition) is 4. The summed E-state index contributed by atoms with van der Waals surface area (Å²) in [6.45, 7) is 0. The molecule has 2 rings (SSSR count). The number of hydrogen-bond donors (Lipinski definition) is 1. The molecule has 2 aliphatic rings. The van der Waals surface area contributed by atoms with Gasteiger partial charge in [0.05, 0.1) is 13.5 Å². The molecular formula is C9H12F2N2O3. The monoisotopic (exact) mass is 234 g/mol. The van der Waals surface area contributed by atoms with Crippen molar-refractivity contribution in [2.24, 2.45) is 0 Å². The first-order chi connectivity index (χ1) is 7.51. The van der Waals surface area contributed by atoms with Crippen molar-refractivity contribution in [3.8, 4) is 0 Å². The lowest BCUT2D eigenvalue weighted by Gasteiger charge is -2.29. The minimum absolute atomic E-state index is 0.124. The summed E-state index contributed by atoms with van der Waals surface area (Å²) in [5.74, 6) is -1.09. The molecule has 0 spiro atoms. The van der Waals surface area contributed by atoms with E-state index in [1.165, 1.54) is 7.11 Å². The molecular weight excluding hydrogens is 222 g/mol. The lowest BCUT2D eigenvalue weighted by atomic mass is 10.1. The van der Waals surface area contributed by atoms with Crippen LogP contribution in [0, 0.1) is 0 Å². The molecule has 1 saturated carbocycles. The number of nitrogens with one attached hydrogen (secondary N) is 1.